The van der Waals surface area contributed by atoms with Crippen molar-refractivity contribution in [3.63, 3.8) is 0 Å². The van der Waals surface area contributed by atoms with Gasteiger partial charge in [0.05, 0.1) is 11.3 Å². The Hall–Kier alpha value is -1.95. The highest BCUT2D eigenvalue weighted by atomic mass is 79.9. The van der Waals surface area contributed by atoms with E-state index < -0.39 is 17.5 Å². The Labute approximate surface area is 122 Å². The van der Waals surface area contributed by atoms with Gasteiger partial charge in [-0.2, -0.15) is 0 Å². The summed E-state index contributed by atoms with van der Waals surface area (Å²) in [5.74, 6) is -2.22. The summed E-state index contributed by atoms with van der Waals surface area (Å²) in [5, 5.41) is 2.49. The Balaban J connectivity index is 2.32. The lowest BCUT2D eigenvalue weighted by atomic mass is 10.1. The third kappa shape index (κ3) is 2.96. The van der Waals surface area contributed by atoms with Crippen molar-refractivity contribution in [2.45, 2.75) is 6.92 Å². The molecular formula is C14H11BrF2N2O. The molecule has 6 heteroatoms. The van der Waals surface area contributed by atoms with Crippen LogP contribution in [0.25, 0.3) is 0 Å². The molecule has 0 aliphatic heterocycles. The smallest absolute Gasteiger partial charge is 0.258 e. The second-order valence-electron chi connectivity index (χ2n) is 4.27. The molecule has 20 heavy (non-hydrogen) atoms. The van der Waals surface area contributed by atoms with Crippen LogP contribution in [0.3, 0.4) is 0 Å². The van der Waals surface area contributed by atoms with Gasteiger partial charge in [0.15, 0.2) is 0 Å². The van der Waals surface area contributed by atoms with Gasteiger partial charge >= 0.3 is 0 Å². The fraction of sp³-hybridized carbons (Fsp3) is 0.0714. The summed E-state index contributed by atoms with van der Waals surface area (Å²) in [5.41, 5.74) is 7.11. The monoisotopic (exact) mass is 340 g/mol. The van der Waals surface area contributed by atoms with Gasteiger partial charge in [0.25, 0.3) is 5.91 Å². The summed E-state index contributed by atoms with van der Waals surface area (Å²) in [4.78, 5) is 12.0. The highest BCUT2D eigenvalue weighted by molar-refractivity contribution is 9.10. The SMILES string of the molecule is Cc1cc(Br)c(NC(=O)c2cc(F)ccc2F)cc1N. The highest BCUT2D eigenvalue weighted by Crippen LogP contribution is 2.28. The fourth-order valence-electron chi connectivity index (χ4n) is 1.65. The van der Waals surface area contributed by atoms with Crippen molar-refractivity contribution in [1.82, 2.24) is 0 Å². The number of hydrogen-bond donors (Lipinski definition) is 2. The molecule has 0 heterocycles. The summed E-state index contributed by atoms with van der Waals surface area (Å²) in [6.45, 7) is 1.82. The Morgan fingerprint density at radius 3 is 2.65 bits per heavy atom. The molecule has 2 aromatic carbocycles. The zero-order chi connectivity index (χ0) is 14.9. The van der Waals surface area contributed by atoms with Gasteiger partial charge in [0, 0.05) is 10.2 Å². The van der Waals surface area contributed by atoms with Crippen LogP contribution < -0.4 is 11.1 Å². The lowest BCUT2D eigenvalue weighted by Crippen LogP contribution is -2.14. The maximum absolute atomic E-state index is 13.5. The molecule has 1 amide bonds. The van der Waals surface area contributed by atoms with Crippen LogP contribution >= 0.6 is 15.9 Å². The van der Waals surface area contributed by atoms with Gasteiger partial charge in [0.2, 0.25) is 0 Å². The third-order valence-electron chi connectivity index (χ3n) is 2.78. The molecule has 0 bridgehead atoms. The number of amides is 1. The Morgan fingerprint density at radius 2 is 1.95 bits per heavy atom. The van der Waals surface area contributed by atoms with Gasteiger partial charge in [-0.15, -0.1) is 0 Å². The number of aryl methyl sites for hydroxylation is 1. The summed E-state index contributed by atoms with van der Waals surface area (Å²) < 4.78 is 27.2. The minimum absolute atomic E-state index is 0.365. The van der Waals surface area contributed by atoms with E-state index in [2.05, 4.69) is 21.2 Å². The van der Waals surface area contributed by atoms with Crippen LogP contribution in [0.5, 0.6) is 0 Å². The molecule has 0 aliphatic carbocycles. The van der Waals surface area contributed by atoms with Crippen molar-refractivity contribution in [3.05, 3.63) is 57.6 Å². The van der Waals surface area contributed by atoms with Crippen LogP contribution in [0.4, 0.5) is 20.2 Å². The Bertz CT molecular complexity index is 689. The largest absolute Gasteiger partial charge is 0.398 e. The quantitative estimate of drug-likeness (QED) is 0.815. The summed E-state index contributed by atoms with van der Waals surface area (Å²) in [7, 11) is 0. The van der Waals surface area contributed by atoms with E-state index in [1.54, 1.807) is 12.1 Å². The molecule has 104 valence electrons. The van der Waals surface area contributed by atoms with Crippen molar-refractivity contribution in [2.24, 2.45) is 0 Å². The molecule has 2 aromatic rings. The number of halogens is 3. The highest BCUT2D eigenvalue weighted by Gasteiger charge is 2.14. The normalized spacial score (nSPS) is 10.4. The molecule has 0 saturated carbocycles. The summed E-state index contributed by atoms with van der Waals surface area (Å²) >= 11 is 3.28. The van der Waals surface area contributed by atoms with Crippen molar-refractivity contribution in [1.29, 1.82) is 0 Å². The first-order chi connectivity index (χ1) is 9.38. The Morgan fingerprint density at radius 1 is 1.25 bits per heavy atom. The minimum Gasteiger partial charge on any atom is -0.398 e. The lowest BCUT2D eigenvalue weighted by Gasteiger charge is -2.10. The van der Waals surface area contributed by atoms with E-state index in [1.165, 1.54) is 0 Å². The number of rotatable bonds is 2. The first-order valence-electron chi connectivity index (χ1n) is 5.70. The number of nitrogen functional groups attached to an aromatic ring is 1. The molecule has 0 unspecified atom stereocenters. The topological polar surface area (TPSA) is 55.1 Å². The third-order valence-corrected chi connectivity index (χ3v) is 3.43. The van der Waals surface area contributed by atoms with Crippen LogP contribution in [0.15, 0.2) is 34.8 Å². The number of hydrogen-bond acceptors (Lipinski definition) is 2. The first kappa shape index (κ1) is 14.5. The van der Waals surface area contributed by atoms with Crippen LogP contribution in [-0.4, -0.2) is 5.91 Å². The van der Waals surface area contributed by atoms with E-state index in [9.17, 15) is 13.6 Å². The molecule has 0 saturated heterocycles. The molecule has 3 nitrogen and oxygen atoms in total. The number of anilines is 2. The van der Waals surface area contributed by atoms with Gasteiger partial charge in [-0.05, 0) is 58.7 Å². The van der Waals surface area contributed by atoms with Crippen LogP contribution in [0, 0.1) is 18.6 Å². The van der Waals surface area contributed by atoms with Crippen molar-refractivity contribution in [3.8, 4) is 0 Å². The molecule has 2 rings (SSSR count). The van der Waals surface area contributed by atoms with Crippen LogP contribution in [-0.2, 0) is 0 Å². The minimum atomic E-state index is -0.792. The second kappa shape index (κ2) is 5.58. The van der Waals surface area contributed by atoms with E-state index in [1.807, 2.05) is 6.92 Å². The van der Waals surface area contributed by atoms with E-state index in [0.717, 1.165) is 23.8 Å². The van der Waals surface area contributed by atoms with Gasteiger partial charge in [-0.25, -0.2) is 8.78 Å². The van der Waals surface area contributed by atoms with Crippen molar-refractivity contribution < 1.29 is 13.6 Å². The maximum atomic E-state index is 13.5. The van der Waals surface area contributed by atoms with E-state index >= 15 is 0 Å². The number of benzene rings is 2. The van der Waals surface area contributed by atoms with Crippen LogP contribution in [0.1, 0.15) is 15.9 Å². The van der Waals surface area contributed by atoms with Gasteiger partial charge < -0.3 is 11.1 Å². The van der Waals surface area contributed by atoms with Gasteiger partial charge in [-0.3, -0.25) is 4.79 Å². The molecular weight excluding hydrogens is 330 g/mol. The number of carbonyl (C=O) groups is 1. The Kier molecular flexibility index (Phi) is 4.04. The van der Waals surface area contributed by atoms with Gasteiger partial charge in [0.1, 0.15) is 11.6 Å². The zero-order valence-electron chi connectivity index (χ0n) is 10.5. The lowest BCUT2D eigenvalue weighted by molar-refractivity contribution is 0.102. The predicted octanol–water partition coefficient (Wildman–Crippen LogP) is 3.87. The van der Waals surface area contributed by atoms with Crippen LogP contribution in [0.2, 0.25) is 0 Å². The molecule has 0 aromatic heterocycles. The molecule has 0 aliphatic rings. The molecule has 0 fully saturated rings. The first-order valence-corrected chi connectivity index (χ1v) is 6.50. The van der Waals surface area contributed by atoms with Crippen molar-refractivity contribution >= 4 is 33.2 Å². The van der Waals surface area contributed by atoms with Crippen molar-refractivity contribution in [2.75, 3.05) is 11.1 Å². The molecule has 0 radical (unpaired) electrons. The average molecular weight is 341 g/mol. The summed E-state index contributed by atoms with van der Waals surface area (Å²) in [6, 6.07) is 5.98. The summed E-state index contributed by atoms with van der Waals surface area (Å²) in [6.07, 6.45) is 0. The number of nitrogens with two attached hydrogens (primary N) is 1. The van der Waals surface area contributed by atoms with E-state index in [0.29, 0.717) is 15.8 Å². The van der Waals surface area contributed by atoms with Gasteiger partial charge in [-0.1, -0.05) is 0 Å². The van der Waals surface area contributed by atoms with E-state index in [4.69, 9.17) is 5.73 Å². The second-order valence-corrected chi connectivity index (χ2v) is 5.12. The number of nitrogens with one attached hydrogen (secondary N) is 1. The maximum Gasteiger partial charge on any atom is 0.258 e. The molecule has 3 N–H and O–H groups in total. The number of carbonyl (C=O) groups excluding carboxylic acids is 1. The standard InChI is InChI=1S/C14H11BrF2N2O/c1-7-4-10(15)13(6-12(7)18)19-14(20)9-5-8(16)2-3-11(9)17/h2-6H,18H2,1H3,(H,19,20). The molecule has 0 atom stereocenters. The van der Waals surface area contributed by atoms with E-state index in [-0.39, 0.29) is 5.56 Å². The fourth-order valence-corrected chi connectivity index (χ4v) is 2.20. The average Bonchev–Trinajstić information content (AvgIpc) is 2.38. The molecule has 0 spiro atoms. The predicted molar refractivity (Wildman–Crippen MR) is 77.6 cm³/mol. The zero-order valence-corrected chi connectivity index (χ0v) is 12.1.